The molecule has 7 heteroatoms. The zero-order valence-corrected chi connectivity index (χ0v) is 39.0. The van der Waals surface area contributed by atoms with Gasteiger partial charge >= 0.3 is 6.18 Å². The van der Waals surface area contributed by atoms with E-state index in [2.05, 4.69) is 203 Å². The smallest absolute Gasteiger partial charge is 0.310 e. The van der Waals surface area contributed by atoms with Crippen LogP contribution in [0.1, 0.15) is 36.1 Å². The second-order valence-corrected chi connectivity index (χ2v) is 29.7. The maximum absolute atomic E-state index is 13.8. The van der Waals surface area contributed by atoms with Gasteiger partial charge < -0.3 is 9.80 Å². The van der Waals surface area contributed by atoms with Crippen molar-refractivity contribution in [3.8, 4) is 11.1 Å². The molecule has 312 valence electrons. The Hall–Kier alpha value is -5.90. The fourth-order valence-electron chi connectivity index (χ4n) is 9.40. The molecule has 9 rings (SSSR count). The molecule has 0 N–H and O–H groups in total. The van der Waals surface area contributed by atoms with Gasteiger partial charge in [-0.3, -0.25) is 0 Å². The zero-order valence-electron chi connectivity index (χ0n) is 37.0. The Balaban J connectivity index is 1.21. The number of anilines is 6. The molecule has 8 aromatic rings. The molecular weight excluding hydrogens is 802 g/mol. The van der Waals surface area contributed by atoms with Crippen LogP contribution in [0, 0.1) is 6.92 Å². The highest BCUT2D eigenvalue weighted by atomic mass is 28.3. The van der Waals surface area contributed by atoms with Crippen LogP contribution in [0.15, 0.2) is 158 Å². The second-order valence-electron chi connectivity index (χ2n) is 19.5. The molecular formula is C55H53F3N2Si2. The van der Waals surface area contributed by atoms with Gasteiger partial charge in [-0.15, -0.1) is 0 Å². The van der Waals surface area contributed by atoms with Crippen LogP contribution in [-0.4, -0.2) is 16.1 Å². The van der Waals surface area contributed by atoms with Crippen molar-refractivity contribution in [2.45, 2.75) is 71.6 Å². The van der Waals surface area contributed by atoms with Gasteiger partial charge in [0.1, 0.15) is 0 Å². The molecule has 0 radical (unpaired) electrons. The molecule has 0 bridgehead atoms. The summed E-state index contributed by atoms with van der Waals surface area (Å²) < 4.78 is 41.3. The largest absolute Gasteiger partial charge is 0.416 e. The minimum Gasteiger partial charge on any atom is -0.310 e. The van der Waals surface area contributed by atoms with Gasteiger partial charge in [0.2, 0.25) is 0 Å². The van der Waals surface area contributed by atoms with E-state index in [4.69, 9.17) is 0 Å². The van der Waals surface area contributed by atoms with Crippen LogP contribution in [0.3, 0.4) is 0 Å². The van der Waals surface area contributed by atoms with Gasteiger partial charge in [0, 0.05) is 39.5 Å². The quantitative estimate of drug-likeness (QED) is 0.111. The average Bonchev–Trinajstić information content (AvgIpc) is 3.47. The van der Waals surface area contributed by atoms with Crippen molar-refractivity contribution in [2.75, 3.05) is 9.80 Å². The Labute approximate surface area is 366 Å². The highest BCUT2D eigenvalue weighted by molar-refractivity contribution is 6.89. The van der Waals surface area contributed by atoms with E-state index in [-0.39, 0.29) is 0 Å². The lowest BCUT2D eigenvalue weighted by molar-refractivity contribution is -0.137. The van der Waals surface area contributed by atoms with Crippen molar-refractivity contribution in [3.63, 3.8) is 0 Å². The van der Waals surface area contributed by atoms with Gasteiger partial charge in [-0.2, -0.15) is 13.2 Å². The summed E-state index contributed by atoms with van der Waals surface area (Å²) in [7, 11) is -3.09. The standard InChI is InChI=1S/C55H53F3N2Si2/c1-36-14-18-38(19-15-36)59(40-22-28-44(29-23-40)61(4,5)6)42-26-32-48-50(34-42)46-12-10-11-13-47(46)52-49-33-27-43(35-51(49)54(2,3)53(48)52)60(39-20-16-37(17-21-39)55(56,57)58)41-24-30-45(31-25-41)62(7,8)9/h10-35H,1-9H3. The van der Waals surface area contributed by atoms with Crippen molar-refractivity contribution in [3.05, 3.63) is 180 Å². The van der Waals surface area contributed by atoms with E-state index in [1.807, 2.05) is 0 Å². The Kier molecular flexibility index (Phi) is 9.95. The van der Waals surface area contributed by atoms with Gasteiger partial charge in [0.25, 0.3) is 0 Å². The minimum atomic E-state index is -4.42. The third kappa shape index (κ3) is 7.25. The van der Waals surface area contributed by atoms with E-state index in [9.17, 15) is 13.2 Å². The lowest BCUT2D eigenvalue weighted by atomic mass is 9.79. The number of alkyl halides is 3. The van der Waals surface area contributed by atoms with Gasteiger partial charge in [-0.1, -0.05) is 142 Å². The molecule has 0 saturated heterocycles. The summed E-state index contributed by atoms with van der Waals surface area (Å²) >= 11 is 0. The van der Waals surface area contributed by atoms with E-state index in [1.54, 1.807) is 12.1 Å². The molecule has 0 heterocycles. The van der Waals surface area contributed by atoms with Gasteiger partial charge in [-0.25, -0.2) is 0 Å². The molecule has 0 amide bonds. The maximum Gasteiger partial charge on any atom is 0.416 e. The number of benzene rings is 8. The van der Waals surface area contributed by atoms with Gasteiger partial charge in [0.15, 0.2) is 0 Å². The van der Waals surface area contributed by atoms with Crippen molar-refractivity contribution in [2.24, 2.45) is 0 Å². The summed E-state index contributed by atoms with van der Waals surface area (Å²) in [6.45, 7) is 20.9. The topological polar surface area (TPSA) is 6.48 Å². The predicted molar refractivity (Wildman–Crippen MR) is 264 cm³/mol. The fraction of sp³-hybridized carbons (Fsp3) is 0.200. The number of halogens is 3. The SMILES string of the molecule is Cc1ccc(N(c2ccc([Si](C)(C)C)cc2)c2ccc3c4c(c5ccccc5c3c2)-c2ccc(N(c3ccc(C(F)(F)F)cc3)c3ccc([Si](C)(C)C)cc3)cc2C4(C)C)cc1. The Morgan fingerprint density at radius 2 is 0.887 bits per heavy atom. The van der Waals surface area contributed by atoms with Crippen LogP contribution in [0.25, 0.3) is 32.7 Å². The van der Waals surface area contributed by atoms with Crippen LogP contribution in [0.4, 0.5) is 47.3 Å². The minimum absolute atomic E-state index is 0.401. The van der Waals surface area contributed by atoms with Crippen molar-refractivity contribution < 1.29 is 13.2 Å². The lowest BCUT2D eigenvalue weighted by Gasteiger charge is -2.29. The summed E-state index contributed by atoms with van der Waals surface area (Å²) in [5, 5.41) is 7.56. The molecule has 0 aliphatic heterocycles. The van der Waals surface area contributed by atoms with E-state index in [1.165, 1.54) is 71.9 Å². The van der Waals surface area contributed by atoms with E-state index in [0.717, 1.165) is 28.4 Å². The van der Waals surface area contributed by atoms with Crippen molar-refractivity contribution in [1.29, 1.82) is 0 Å². The summed E-state index contributed by atoms with van der Waals surface area (Å²) in [5.41, 5.74) is 10.8. The Morgan fingerprint density at radius 3 is 1.39 bits per heavy atom. The Morgan fingerprint density at radius 1 is 0.452 bits per heavy atom. The first-order chi connectivity index (χ1) is 29.3. The number of hydrogen-bond acceptors (Lipinski definition) is 2. The third-order valence-corrected chi connectivity index (χ3v) is 17.0. The molecule has 2 nitrogen and oxygen atoms in total. The number of nitrogens with zero attached hydrogens (tertiary/aromatic N) is 2. The molecule has 0 aromatic heterocycles. The number of hydrogen-bond donors (Lipinski definition) is 0. The van der Waals surface area contributed by atoms with Crippen LogP contribution in [-0.2, 0) is 11.6 Å². The van der Waals surface area contributed by atoms with Gasteiger partial charge in [-0.05, 0) is 136 Å². The third-order valence-electron chi connectivity index (χ3n) is 12.8. The normalized spacial score (nSPS) is 13.6. The predicted octanol–water partition coefficient (Wildman–Crippen LogP) is 15.7. The lowest BCUT2D eigenvalue weighted by Crippen LogP contribution is -2.37. The molecule has 8 aromatic carbocycles. The zero-order chi connectivity index (χ0) is 43.9. The molecule has 1 aliphatic carbocycles. The van der Waals surface area contributed by atoms with Crippen molar-refractivity contribution >= 4 is 82.2 Å². The summed E-state index contributed by atoms with van der Waals surface area (Å²) in [4.78, 5) is 4.46. The fourth-order valence-corrected chi connectivity index (χ4v) is 11.7. The van der Waals surface area contributed by atoms with Crippen molar-refractivity contribution in [1.82, 2.24) is 0 Å². The van der Waals surface area contributed by atoms with Crippen LogP contribution in [0.2, 0.25) is 39.3 Å². The van der Waals surface area contributed by atoms with Crippen LogP contribution < -0.4 is 20.2 Å². The van der Waals surface area contributed by atoms with Crippen LogP contribution >= 0.6 is 0 Å². The maximum atomic E-state index is 13.8. The Bertz CT molecular complexity index is 2920. The number of fused-ring (bicyclic) bond motifs is 8. The first kappa shape index (κ1) is 41.5. The average molecular weight is 855 g/mol. The van der Waals surface area contributed by atoms with Crippen LogP contribution in [0.5, 0.6) is 0 Å². The van der Waals surface area contributed by atoms with Gasteiger partial charge in [0.05, 0.1) is 21.7 Å². The van der Waals surface area contributed by atoms with E-state index in [0.29, 0.717) is 5.69 Å². The van der Waals surface area contributed by atoms with E-state index >= 15 is 0 Å². The number of aryl methyl sites for hydroxylation is 1. The summed E-state index contributed by atoms with van der Waals surface area (Å²) in [6, 6.07) is 54.4. The molecule has 0 spiro atoms. The summed E-state index contributed by atoms with van der Waals surface area (Å²) in [6.07, 6.45) is -4.42. The molecule has 0 unspecified atom stereocenters. The molecule has 0 atom stereocenters. The number of rotatable bonds is 8. The second kappa shape index (κ2) is 14.9. The molecule has 0 saturated carbocycles. The molecule has 1 aliphatic rings. The highest BCUT2D eigenvalue weighted by Crippen LogP contribution is 2.56. The first-order valence-corrected chi connectivity index (χ1v) is 28.5. The molecule has 62 heavy (non-hydrogen) atoms. The summed E-state index contributed by atoms with van der Waals surface area (Å²) in [5.74, 6) is 0. The molecule has 0 fully saturated rings. The first-order valence-electron chi connectivity index (χ1n) is 21.5. The van der Waals surface area contributed by atoms with E-state index < -0.39 is 33.3 Å². The monoisotopic (exact) mass is 854 g/mol. The highest BCUT2D eigenvalue weighted by Gasteiger charge is 2.39.